The number of hydrogen-bond acceptors (Lipinski definition) is 1. The van der Waals surface area contributed by atoms with Crippen LogP contribution in [0.3, 0.4) is 0 Å². The highest BCUT2D eigenvalue weighted by Crippen LogP contribution is 1.99. The lowest BCUT2D eigenvalue weighted by molar-refractivity contribution is 0.712. The zero-order valence-electron chi connectivity index (χ0n) is 3.11. The van der Waals surface area contributed by atoms with Crippen LogP contribution in [-0.4, -0.2) is 6.54 Å². The van der Waals surface area contributed by atoms with Gasteiger partial charge in [-0.2, -0.15) is 0 Å². The van der Waals surface area contributed by atoms with E-state index < -0.39 is 0 Å². The number of hydrogen-bond donors (Lipinski definition) is 1. The van der Waals surface area contributed by atoms with Crippen molar-refractivity contribution in [3.8, 4) is 0 Å². The third kappa shape index (κ3) is 0.640. The van der Waals surface area contributed by atoms with Crippen molar-refractivity contribution >= 4 is 11.6 Å². The monoisotopic (exact) mass is 103 g/mol. The molecule has 0 atom stereocenters. The molecule has 1 radical (unpaired) electrons. The van der Waals surface area contributed by atoms with Gasteiger partial charge < -0.3 is 0 Å². The maximum absolute atomic E-state index is 5.42. The van der Waals surface area contributed by atoms with E-state index in [4.69, 9.17) is 11.6 Å². The van der Waals surface area contributed by atoms with Crippen LogP contribution < -0.4 is 10.9 Å². The van der Waals surface area contributed by atoms with Crippen LogP contribution in [0.25, 0.3) is 0 Å². The van der Waals surface area contributed by atoms with Gasteiger partial charge in [-0.15, -0.1) is 0 Å². The van der Waals surface area contributed by atoms with Gasteiger partial charge in [-0.05, 0) is 0 Å². The molecular formula is C3H4ClN2. The van der Waals surface area contributed by atoms with Crippen molar-refractivity contribution < 1.29 is 0 Å². The molecule has 0 spiro atoms. The van der Waals surface area contributed by atoms with Crippen LogP contribution in [-0.2, 0) is 0 Å². The SMILES string of the molecule is ClC1=C[N]NC1. The molecule has 0 fully saturated rings. The Hall–Kier alpha value is -0.210. The maximum Gasteiger partial charge on any atom is 0.0571 e. The molecule has 0 saturated heterocycles. The molecule has 0 unspecified atom stereocenters. The third-order valence-corrected chi connectivity index (χ3v) is 0.775. The summed E-state index contributed by atoms with van der Waals surface area (Å²) in [5, 5.41) is 0.773. The summed E-state index contributed by atoms with van der Waals surface area (Å²) in [4.78, 5) is 0. The van der Waals surface area contributed by atoms with Crippen molar-refractivity contribution in [3.05, 3.63) is 11.2 Å². The van der Waals surface area contributed by atoms with Crippen molar-refractivity contribution in [1.29, 1.82) is 0 Å². The first-order valence-corrected chi connectivity index (χ1v) is 2.04. The van der Waals surface area contributed by atoms with Crippen LogP contribution in [0.4, 0.5) is 0 Å². The normalized spacial score (nSPS) is 19.8. The third-order valence-electron chi connectivity index (χ3n) is 0.544. The van der Waals surface area contributed by atoms with Gasteiger partial charge in [-0.3, -0.25) is 0 Å². The van der Waals surface area contributed by atoms with Crippen LogP contribution in [0.5, 0.6) is 0 Å². The van der Waals surface area contributed by atoms with Gasteiger partial charge >= 0.3 is 0 Å². The van der Waals surface area contributed by atoms with E-state index in [2.05, 4.69) is 10.9 Å². The minimum Gasteiger partial charge on any atom is -0.209 e. The molecule has 0 amide bonds. The van der Waals surface area contributed by atoms with Crippen LogP contribution in [0, 0.1) is 0 Å². The first-order valence-electron chi connectivity index (χ1n) is 1.67. The molecule has 1 rings (SSSR count). The van der Waals surface area contributed by atoms with Gasteiger partial charge in [0.15, 0.2) is 0 Å². The number of halogens is 1. The Bertz CT molecular complexity index is 78.9. The van der Waals surface area contributed by atoms with Crippen LogP contribution in [0.1, 0.15) is 0 Å². The van der Waals surface area contributed by atoms with Crippen LogP contribution in [0.15, 0.2) is 11.2 Å². The predicted octanol–water partition coefficient (Wildman–Crippen LogP) is 0.189. The molecule has 0 bridgehead atoms. The summed E-state index contributed by atoms with van der Waals surface area (Å²) in [6.45, 7) is 0.696. The fourth-order valence-corrected chi connectivity index (χ4v) is 0.391. The second-order valence-electron chi connectivity index (χ2n) is 1.04. The zero-order valence-corrected chi connectivity index (χ0v) is 3.87. The first kappa shape index (κ1) is 3.96. The molecule has 2 nitrogen and oxygen atoms in total. The van der Waals surface area contributed by atoms with Crippen molar-refractivity contribution in [1.82, 2.24) is 10.9 Å². The largest absolute Gasteiger partial charge is 0.209 e. The summed E-state index contributed by atoms with van der Waals surface area (Å²) >= 11 is 5.42. The highest BCUT2D eigenvalue weighted by Gasteiger charge is 1.96. The van der Waals surface area contributed by atoms with Crippen LogP contribution >= 0.6 is 11.6 Å². The molecule has 0 aromatic heterocycles. The molecule has 1 heterocycles. The molecule has 1 aliphatic heterocycles. The zero-order chi connectivity index (χ0) is 4.41. The van der Waals surface area contributed by atoms with Gasteiger partial charge in [0.05, 0.1) is 17.8 Å². The number of nitrogens with zero attached hydrogens (tertiary/aromatic N) is 1. The number of rotatable bonds is 0. The Morgan fingerprint density at radius 2 is 2.83 bits per heavy atom. The maximum atomic E-state index is 5.42. The van der Waals surface area contributed by atoms with E-state index in [1.807, 2.05) is 0 Å². The van der Waals surface area contributed by atoms with E-state index in [-0.39, 0.29) is 0 Å². The van der Waals surface area contributed by atoms with Gasteiger partial charge in [0, 0.05) is 0 Å². The molecule has 6 heavy (non-hydrogen) atoms. The Morgan fingerprint density at radius 1 is 2.00 bits per heavy atom. The lowest BCUT2D eigenvalue weighted by Gasteiger charge is -1.80. The molecular weight excluding hydrogens is 99.5 g/mol. The summed E-state index contributed by atoms with van der Waals surface area (Å²) in [7, 11) is 0. The predicted molar refractivity (Wildman–Crippen MR) is 24.1 cm³/mol. The standard InChI is InChI=1S/C3H4ClN2/c4-3-1-5-6-2-3/h1,6H,2H2. The molecule has 0 saturated carbocycles. The average Bonchev–Trinajstić information content (AvgIpc) is 1.86. The number of nitrogens with one attached hydrogen (secondary N) is 1. The molecule has 0 aromatic rings. The average molecular weight is 104 g/mol. The van der Waals surface area contributed by atoms with E-state index in [1.165, 1.54) is 0 Å². The lowest BCUT2D eigenvalue weighted by atomic mass is 10.6. The summed E-state index contributed by atoms with van der Waals surface area (Å²) in [6.07, 6.45) is 1.60. The highest BCUT2D eigenvalue weighted by molar-refractivity contribution is 6.29. The van der Waals surface area contributed by atoms with Gasteiger partial charge in [-0.25, -0.2) is 10.9 Å². The molecule has 0 aromatic carbocycles. The quantitative estimate of drug-likeness (QED) is 0.465. The summed E-state index contributed by atoms with van der Waals surface area (Å²) in [5.41, 5.74) is 6.29. The molecule has 1 N–H and O–H groups in total. The van der Waals surface area contributed by atoms with Crippen molar-refractivity contribution in [3.63, 3.8) is 0 Å². The Morgan fingerprint density at radius 3 is 3.00 bits per heavy atom. The van der Waals surface area contributed by atoms with E-state index in [1.54, 1.807) is 6.20 Å². The van der Waals surface area contributed by atoms with Gasteiger partial charge in [0.2, 0.25) is 0 Å². The molecule has 0 aliphatic carbocycles. The summed E-state index contributed by atoms with van der Waals surface area (Å²) in [6, 6.07) is 0. The van der Waals surface area contributed by atoms with E-state index in [9.17, 15) is 0 Å². The molecule has 1 aliphatic rings. The molecule has 33 valence electrons. The topological polar surface area (TPSA) is 26.1 Å². The highest BCUT2D eigenvalue weighted by atomic mass is 35.5. The molecule has 3 heteroatoms. The van der Waals surface area contributed by atoms with Crippen molar-refractivity contribution in [2.45, 2.75) is 0 Å². The van der Waals surface area contributed by atoms with Crippen molar-refractivity contribution in [2.24, 2.45) is 0 Å². The lowest BCUT2D eigenvalue weighted by Crippen LogP contribution is -2.12. The second kappa shape index (κ2) is 1.49. The fourth-order valence-electron chi connectivity index (χ4n) is 0.282. The Labute approximate surface area is 41.1 Å². The fraction of sp³-hybridized carbons (Fsp3) is 0.333. The first-order chi connectivity index (χ1) is 2.89. The Kier molecular flexibility index (Phi) is 0.986. The van der Waals surface area contributed by atoms with E-state index in [0.29, 0.717) is 6.54 Å². The summed E-state index contributed by atoms with van der Waals surface area (Å²) in [5.74, 6) is 0. The van der Waals surface area contributed by atoms with Crippen molar-refractivity contribution in [2.75, 3.05) is 6.54 Å². The van der Waals surface area contributed by atoms with Gasteiger partial charge in [-0.1, -0.05) is 11.6 Å². The summed E-state index contributed by atoms with van der Waals surface area (Å²) < 4.78 is 0. The minimum absolute atomic E-state index is 0.696. The second-order valence-corrected chi connectivity index (χ2v) is 1.53. The van der Waals surface area contributed by atoms with Gasteiger partial charge in [0.25, 0.3) is 0 Å². The van der Waals surface area contributed by atoms with E-state index in [0.717, 1.165) is 5.03 Å². The minimum atomic E-state index is 0.696. The van der Waals surface area contributed by atoms with E-state index >= 15 is 0 Å². The smallest absolute Gasteiger partial charge is 0.0571 e. The Balaban J connectivity index is 2.45. The van der Waals surface area contributed by atoms with Gasteiger partial charge in [0.1, 0.15) is 0 Å². The van der Waals surface area contributed by atoms with Crippen LogP contribution in [0.2, 0.25) is 0 Å².